The van der Waals surface area contributed by atoms with Crippen LogP contribution in [-0.2, 0) is 46.3 Å². The first kappa shape index (κ1) is 40.7. The molecule has 7 rings (SSSR count). The minimum atomic E-state index is -4.70. The summed E-state index contributed by atoms with van der Waals surface area (Å²) >= 11 is 28.6. The molecule has 3 aliphatic heterocycles. The number of hydrogen-bond donors (Lipinski definition) is 1. The van der Waals surface area contributed by atoms with Gasteiger partial charge in [-0.15, -0.1) is 0 Å². The van der Waals surface area contributed by atoms with Gasteiger partial charge in [-0.1, -0.05) is 99.2 Å². The number of benzene rings is 4. The molecule has 3 heterocycles. The topological polar surface area (TPSA) is 72.6 Å². The Morgan fingerprint density at radius 1 is 0.698 bits per heavy atom. The summed E-state index contributed by atoms with van der Waals surface area (Å²) in [6.07, 6.45) is -9.63. The van der Waals surface area contributed by atoms with E-state index < -0.39 is 29.9 Å². The zero-order valence-corrected chi connectivity index (χ0v) is 30.7. The van der Waals surface area contributed by atoms with Crippen molar-refractivity contribution in [2.24, 2.45) is 10.3 Å². The second-order valence-electron chi connectivity index (χ2n) is 11.8. The fourth-order valence-corrected chi connectivity index (χ4v) is 6.62. The number of fused-ring (bicyclic) bond motifs is 2. The van der Waals surface area contributed by atoms with Crippen molar-refractivity contribution >= 4 is 74.5 Å². The molecule has 6 nitrogen and oxygen atoms in total. The van der Waals surface area contributed by atoms with E-state index in [9.17, 15) is 26.3 Å². The molecule has 0 fully saturated rings. The van der Waals surface area contributed by atoms with Crippen LogP contribution in [0.4, 0.5) is 26.3 Å². The van der Waals surface area contributed by atoms with Crippen LogP contribution in [-0.4, -0.2) is 28.4 Å². The lowest BCUT2D eigenvalue weighted by atomic mass is 9.86. The fourth-order valence-electron chi connectivity index (χ4n) is 5.45. The van der Waals surface area contributed by atoms with E-state index in [4.69, 9.17) is 77.5 Å². The first-order valence-corrected chi connectivity index (χ1v) is 17.1. The molecule has 0 aromatic heterocycles. The number of nitrogens with zero attached hydrogens (tertiary/aromatic N) is 2. The SMILES string of the molecule is C=C(c1cc(Cl)cc(Cl)c1)C(F)(F)F.FC(F)(F)C1(c2cc(Cl)cc(Cl)c2)CC(c2ccc3c(c2)COC3)=NO1.O/N=C(\Cl)c1ccc2c(c1)COC2. The second-order valence-corrected chi connectivity index (χ2v) is 13.9. The monoisotopic (exact) mass is 838 g/mol. The van der Waals surface area contributed by atoms with Crippen molar-refractivity contribution in [2.75, 3.05) is 0 Å². The number of oxime groups is 2. The van der Waals surface area contributed by atoms with Gasteiger partial charge in [0.25, 0.3) is 5.60 Å². The van der Waals surface area contributed by atoms with Gasteiger partial charge in [-0.3, -0.25) is 0 Å². The van der Waals surface area contributed by atoms with Crippen molar-refractivity contribution in [2.45, 2.75) is 50.8 Å². The summed E-state index contributed by atoms with van der Waals surface area (Å²) in [5.74, 6) is 0. The van der Waals surface area contributed by atoms with Crippen LogP contribution in [0.5, 0.6) is 0 Å². The van der Waals surface area contributed by atoms with E-state index in [0.717, 1.165) is 16.7 Å². The lowest BCUT2D eigenvalue weighted by Gasteiger charge is -2.29. The van der Waals surface area contributed by atoms with Crippen LogP contribution in [0.1, 0.15) is 50.9 Å². The van der Waals surface area contributed by atoms with Gasteiger partial charge in [-0.25, -0.2) is 0 Å². The van der Waals surface area contributed by atoms with Crippen molar-refractivity contribution in [3.05, 3.63) is 144 Å². The van der Waals surface area contributed by atoms with Gasteiger partial charge < -0.3 is 19.5 Å². The smallest absolute Gasteiger partial charge is 0.410 e. The van der Waals surface area contributed by atoms with E-state index in [1.54, 1.807) is 12.1 Å². The number of alkyl halides is 6. The highest BCUT2D eigenvalue weighted by molar-refractivity contribution is 6.69. The summed E-state index contributed by atoms with van der Waals surface area (Å²) in [6.45, 7) is 5.14. The van der Waals surface area contributed by atoms with Crippen LogP contribution < -0.4 is 0 Å². The fraction of sp³-hybridized carbons (Fsp3) is 0.222. The molecule has 0 spiro atoms. The van der Waals surface area contributed by atoms with E-state index in [-0.39, 0.29) is 42.1 Å². The van der Waals surface area contributed by atoms with Crippen LogP contribution in [0.25, 0.3) is 5.57 Å². The normalized spacial score (nSPS) is 17.8. The van der Waals surface area contributed by atoms with Gasteiger partial charge >= 0.3 is 12.4 Å². The van der Waals surface area contributed by atoms with Crippen LogP contribution in [0.15, 0.2) is 89.7 Å². The quantitative estimate of drug-likeness (QED) is 0.0961. The van der Waals surface area contributed by atoms with E-state index in [1.807, 2.05) is 24.3 Å². The average molecular weight is 841 g/mol. The number of hydrogen-bond acceptors (Lipinski definition) is 6. The number of allylic oxidation sites excluding steroid dienone is 1. The van der Waals surface area contributed by atoms with Gasteiger partial charge in [0.2, 0.25) is 0 Å². The third-order valence-electron chi connectivity index (χ3n) is 8.17. The zero-order chi connectivity index (χ0) is 38.7. The third-order valence-corrected chi connectivity index (χ3v) is 9.34. The summed E-state index contributed by atoms with van der Waals surface area (Å²) in [7, 11) is 0. The first-order valence-electron chi connectivity index (χ1n) is 15.2. The van der Waals surface area contributed by atoms with Crippen molar-refractivity contribution in [3.63, 3.8) is 0 Å². The molecular formula is C36H25Cl5F6N2O4. The summed E-state index contributed by atoms with van der Waals surface area (Å²) in [6, 6.07) is 18.5. The Balaban J connectivity index is 0.000000169. The van der Waals surface area contributed by atoms with Gasteiger partial charge in [0, 0.05) is 37.6 Å². The van der Waals surface area contributed by atoms with Crippen LogP contribution in [0, 0.1) is 0 Å². The van der Waals surface area contributed by atoms with E-state index in [1.165, 1.54) is 42.0 Å². The molecular weight excluding hydrogens is 816 g/mol. The maximum Gasteiger partial charge on any atom is 0.435 e. The summed E-state index contributed by atoms with van der Waals surface area (Å²) in [4.78, 5) is 5.00. The molecule has 1 N–H and O–H groups in total. The number of ether oxygens (including phenoxy) is 2. The lowest BCUT2D eigenvalue weighted by molar-refractivity contribution is -0.275. The van der Waals surface area contributed by atoms with Crippen molar-refractivity contribution in [3.8, 4) is 0 Å². The largest absolute Gasteiger partial charge is 0.435 e. The number of halogens is 11. The minimum Gasteiger partial charge on any atom is -0.410 e. The number of rotatable bonds is 4. The Hall–Kier alpha value is -3.49. The van der Waals surface area contributed by atoms with E-state index >= 15 is 0 Å². The third kappa shape index (κ3) is 9.61. The van der Waals surface area contributed by atoms with Gasteiger partial charge in [-0.2, -0.15) is 26.3 Å². The predicted octanol–water partition coefficient (Wildman–Crippen LogP) is 12.3. The summed E-state index contributed by atoms with van der Waals surface area (Å²) in [5, 5.41) is 15.8. The van der Waals surface area contributed by atoms with Crippen molar-refractivity contribution in [1.82, 2.24) is 0 Å². The molecule has 1 unspecified atom stereocenters. The summed E-state index contributed by atoms with van der Waals surface area (Å²) in [5.41, 5.74) is 1.90. The molecule has 4 aromatic carbocycles. The molecule has 0 saturated heterocycles. The summed E-state index contributed by atoms with van der Waals surface area (Å²) < 4.78 is 89.1. The Kier molecular flexibility index (Phi) is 12.7. The highest BCUT2D eigenvalue weighted by Gasteiger charge is 2.62. The molecule has 4 aromatic rings. The molecule has 0 aliphatic carbocycles. The van der Waals surface area contributed by atoms with Gasteiger partial charge in [0.05, 0.1) is 37.7 Å². The van der Waals surface area contributed by atoms with Gasteiger partial charge in [0.15, 0.2) is 5.17 Å². The predicted molar refractivity (Wildman–Crippen MR) is 192 cm³/mol. The molecule has 17 heteroatoms. The van der Waals surface area contributed by atoms with Crippen LogP contribution in [0.2, 0.25) is 20.1 Å². The van der Waals surface area contributed by atoms with Gasteiger partial charge in [0.1, 0.15) is 0 Å². The lowest BCUT2D eigenvalue weighted by Crippen LogP contribution is -2.42. The van der Waals surface area contributed by atoms with Crippen molar-refractivity contribution in [1.29, 1.82) is 0 Å². The van der Waals surface area contributed by atoms with Crippen molar-refractivity contribution < 1.29 is 45.9 Å². The second kappa shape index (κ2) is 16.5. The first-order chi connectivity index (χ1) is 24.9. The Morgan fingerprint density at radius 2 is 1.21 bits per heavy atom. The average Bonchev–Trinajstić information content (AvgIpc) is 3.86. The maximum absolute atomic E-state index is 14.0. The molecule has 0 radical (unpaired) electrons. The van der Waals surface area contributed by atoms with Gasteiger partial charge in [-0.05, 0) is 81.9 Å². The standard InChI is InChI=1S/C18H12Cl2F3NO2.C9H5Cl2F3.C9H8ClNO2/c19-14-4-13(5-15(20)6-14)17(18(21,22)23)7-16(24-26-17)10-1-2-11-8-25-9-12(11)3-10;1-5(9(12,13)14)6-2-7(10)4-8(11)3-6;10-9(11-12)6-1-2-7-4-13-5-8(7)3-6/h1-6H,7-9H2;2-4H,1H2;1-3,12H,4-5H2/b;;11-9-. The van der Waals surface area contributed by atoms with E-state index in [2.05, 4.69) is 16.9 Å². The molecule has 53 heavy (non-hydrogen) atoms. The highest BCUT2D eigenvalue weighted by atomic mass is 35.5. The Bertz CT molecular complexity index is 2050. The zero-order valence-electron chi connectivity index (χ0n) is 26.9. The van der Waals surface area contributed by atoms with Crippen LogP contribution >= 0.6 is 58.0 Å². The Labute approximate surface area is 324 Å². The molecule has 280 valence electrons. The Morgan fingerprint density at radius 3 is 1.74 bits per heavy atom. The van der Waals surface area contributed by atoms with E-state index in [0.29, 0.717) is 37.6 Å². The molecule has 0 bridgehead atoms. The molecule has 0 saturated carbocycles. The minimum absolute atomic E-state index is 0.0999. The molecule has 3 aliphatic rings. The molecule has 1 atom stereocenters. The maximum atomic E-state index is 14.0. The molecule has 0 amide bonds. The van der Waals surface area contributed by atoms with Crippen LogP contribution in [0.3, 0.4) is 0 Å². The highest BCUT2D eigenvalue weighted by Crippen LogP contribution is 2.50.